The second-order valence-corrected chi connectivity index (χ2v) is 4.11. The minimum atomic E-state index is 0.0275. The fraction of sp³-hybridized carbons (Fsp3) is 0.0833. The maximum Gasteiger partial charge on any atom is 0.187 e. The van der Waals surface area contributed by atoms with Crippen molar-refractivity contribution in [1.29, 1.82) is 0 Å². The lowest BCUT2D eigenvalue weighted by Crippen LogP contribution is -2.18. The van der Waals surface area contributed by atoms with Crippen LogP contribution in [0.25, 0.3) is 16.9 Å². The monoisotopic (exact) mass is 256 g/mol. The van der Waals surface area contributed by atoms with Gasteiger partial charge in [0.1, 0.15) is 5.52 Å². The molecule has 3 aromatic heterocycles. The van der Waals surface area contributed by atoms with E-state index in [1.54, 1.807) is 35.4 Å². The molecule has 3 heterocycles. The number of aryl methyl sites for hydroxylation is 1. The van der Waals surface area contributed by atoms with Crippen LogP contribution in [0.4, 0.5) is 0 Å². The van der Waals surface area contributed by atoms with E-state index < -0.39 is 0 Å². The summed E-state index contributed by atoms with van der Waals surface area (Å²) in [6.07, 6.45) is 5.22. The van der Waals surface area contributed by atoms with Crippen molar-refractivity contribution in [3.63, 3.8) is 0 Å². The summed E-state index contributed by atoms with van der Waals surface area (Å²) in [6.45, 7) is 0. The Hall–Kier alpha value is -2.83. The van der Waals surface area contributed by atoms with Gasteiger partial charge in [0, 0.05) is 19.4 Å². The lowest BCUT2D eigenvalue weighted by atomic mass is 10.3. The average molecular weight is 256 g/mol. The standard InChI is InChI=1S/C12H12N6O/c1-17-7-15-10-8(17)4-5-14-12(10)18-6-2-3-9(18)11(13)16-19/h2-7,19H,1H3,(H2,13,16). The molecule has 7 nitrogen and oxygen atoms in total. The van der Waals surface area contributed by atoms with E-state index in [1.165, 1.54) is 0 Å². The van der Waals surface area contributed by atoms with Crippen LogP contribution in [0.1, 0.15) is 5.69 Å². The molecule has 0 unspecified atom stereocenters. The molecule has 0 bridgehead atoms. The Kier molecular flexibility index (Phi) is 2.45. The minimum absolute atomic E-state index is 0.0275. The van der Waals surface area contributed by atoms with Crippen molar-refractivity contribution in [2.75, 3.05) is 0 Å². The largest absolute Gasteiger partial charge is 0.409 e. The van der Waals surface area contributed by atoms with Crippen molar-refractivity contribution in [2.45, 2.75) is 0 Å². The van der Waals surface area contributed by atoms with Crippen LogP contribution < -0.4 is 5.73 Å². The molecule has 0 saturated carbocycles. The highest BCUT2D eigenvalue weighted by Crippen LogP contribution is 2.19. The zero-order valence-electron chi connectivity index (χ0n) is 10.2. The van der Waals surface area contributed by atoms with Crippen LogP contribution in [-0.4, -0.2) is 30.1 Å². The molecule has 0 fully saturated rings. The fourth-order valence-corrected chi connectivity index (χ4v) is 2.05. The normalized spacial score (nSPS) is 12.2. The molecule has 7 heteroatoms. The van der Waals surface area contributed by atoms with Crippen LogP contribution in [0.2, 0.25) is 0 Å². The van der Waals surface area contributed by atoms with Crippen molar-refractivity contribution < 1.29 is 5.21 Å². The van der Waals surface area contributed by atoms with Gasteiger partial charge in [-0.1, -0.05) is 5.16 Å². The molecule has 0 amide bonds. The second kappa shape index (κ2) is 4.13. The van der Waals surface area contributed by atoms with Crippen molar-refractivity contribution >= 4 is 16.9 Å². The first-order valence-corrected chi connectivity index (χ1v) is 5.64. The molecule has 0 aromatic carbocycles. The Morgan fingerprint density at radius 3 is 3.00 bits per heavy atom. The van der Waals surface area contributed by atoms with E-state index in [-0.39, 0.29) is 5.84 Å². The van der Waals surface area contributed by atoms with Gasteiger partial charge in [-0.05, 0) is 18.2 Å². The fourth-order valence-electron chi connectivity index (χ4n) is 2.05. The molecule has 0 spiro atoms. The van der Waals surface area contributed by atoms with Gasteiger partial charge in [-0.15, -0.1) is 0 Å². The van der Waals surface area contributed by atoms with Gasteiger partial charge >= 0.3 is 0 Å². The second-order valence-electron chi connectivity index (χ2n) is 4.11. The Labute approximate surface area is 108 Å². The highest BCUT2D eigenvalue weighted by atomic mass is 16.4. The van der Waals surface area contributed by atoms with Gasteiger partial charge in [0.25, 0.3) is 0 Å². The van der Waals surface area contributed by atoms with Crippen molar-refractivity contribution in [1.82, 2.24) is 19.1 Å². The molecule has 3 rings (SSSR count). The minimum Gasteiger partial charge on any atom is -0.409 e. The van der Waals surface area contributed by atoms with E-state index in [2.05, 4.69) is 15.1 Å². The summed E-state index contributed by atoms with van der Waals surface area (Å²) in [4.78, 5) is 8.67. The number of hydrogen-bond donors (Lipinski definition) is 2. The van der Waals surface area contributed by atoms with Crippen LogP contribution in [0.15, 0.2) is 42.1 Å². The van der Waals surface area contributed by atoms with E-state index in [4.69, 9.17) is 10.9 Å². The molecule has 3 aromatic rings. The predicted octanol–water partition coefficient (Wildman–Crippen LogP) is 0.853. The Morgan fingerprint density at radius 2 is 2.21 bits per heavy atom. The first-order valence-electron chi connectivity index (χ1n) is 5.64. The van der Waals surface area contributed by atoms with Gasteiger partial charge in [0.15, 0.2) is 11.7 Å². The quantitative estimate of drug-likeness (QED) is 0.307. The maximum absolute atomic E-state index is 8.80. The molecular weight excluding hydrogens is 244 g/mol. The molecular formula is C12H12N6O. The Morgan fingerprint density at radius 1 is 1.37 bits per heavy atom. The van der Waals surface area contributed by atoms with E-state index in [0.717, 1.165) is 11.0 Å². The number of pyridine rings is 1. The average Bonchev–Trinajstić information content (AvgIpc) is 3.05. The molecule has 0 radical (unpaired) electrons. The lowest BCUT2D eigenvalue weighted by Gasteiger charge is -2.07. The molecule has 0 aliphatic heterocycles. The predicted molar refractivity (Wildman–Crippen MR) is 70.3 cm³/mol. The van der Waals surface area contributed by atoms with Crippen molar-refractivity contribution in [2.24, 2.45) is 17.9 Å². The number of oxime groups is 1. The zero-order valence-corrected chi connectivity index (χ0v) is 10.2. The van der Waals surface area contributed by atoms with E-state index in [1.807, 2.05) is 17.7 Å². The smallest absolute Gasteiger partial charge is 0.187 e. The summed E-state index contributed by atoms with van der Waals surface area (Å²) in [5.74, 6) is 0.671. The van der Waals surface area contributed by atoms with E-state index >= 15 is 0 Å². The highest BCUT2D eigenvalue weighted by Gasteiger charge is 2.13. The topological polar surface area (TPSA) is 94.2 Å². The first-order chi connectivity index (χ1) is 9.22. The number of nitrogens with zero attached hydrogens (tertiary/aromatic N) is 5. The summed E-state index contributed by atoms with van der Waals surface area (Å²) in [5.41, 5.74) is 7.93. The number of nitrogens with two attached hydrogens (primary N) is 1. The third kappa shape index (κ3) is 1.63. The first kappa shape index (κ1) is 11.3. The van der Waals surface area contributed by atoms with Crippen LogP contribution in [-0.2, 0) is 7.05 Å². The van der Waals surface area contributed by atoms with Crippen LogP contribution in [0.3, 0.4) is 0 Å². The van der Waals surface area contributed by atoms with Gasteiger partial charge in [-0.3, -0.25) is 4.57 Å². The van der Waals surface area contributed by atoms with Crippen molar-refractivity contribution in [3.05, 3.63) is 42.6 Å². The van der Waals surface area contributed by atoms with Crippen LogP contribution >= 0.6 is 0 Å². The number of imidazole rings is 1. The summed E-state index contributed by atoms with van der Waals surface area (Å²) in [5, 5.41) is 11.8. The van der Waals surface area contributed by atoms with E-state index in [9.17, 15) is 0 Å². The number of hydrogen-bond acceptors (Lipinski definition) is 4. The number of aromatic nitrogens is 4. The zero-order chi connectivity index (χ0) is 13.4. The molecule has 19 heavy (non-hydrogen) atoms. The van der Waals surface area contributed by atoms with E-state index in [0.29, 0.717) is 11.5 Å². The molecule has 0 aliphatic carbocycles. The van der Waals surface area contributed by atoms with Crippen LogP contribution in [0, 0.1) is 0 Å². The van der Waals surface area contributed by atoms with Crippen LogP contribution in [0.5, 0.6) is 0 Å². The maximum atomic E-state index is 8.80. The number of rotatable bonds is 2. The van der Waals surface area contributed by atoms with Gasteiger partial charge in [0.2, 0.25) is 0 Å². The Balaban J connectivity index is 2.28. The van der Waals surface area contributed by atoms with Crippen molar-refractivity contribution in [3.8, 4) is 5.82 Å². The van der Waals surface area contributed by atoms with Gasteiger partial charge in [0.05, 0.1) is 17.5 Å². The summed E-state index contributed by atoms with van der Waals surface area (Å²) in [7, 11) is 1.92. The van der Waals surface area contributed by atoms with Gasteiger partial charge in [-0.25, -0.2) is 9.97 Å². The third-order valence-corrected chi connectivity index (χ3v) is 2.97. The lowest BCUT2D eigenvalue weighted by molar-refractivity contribution is 0.318. The summed E-state index contributed by atoms with van der Waals surface area (Å²) >= 11 is 0. The molecule has 96 valence electrons. The highest BCUT2D eigenvalue weighted by molar-refractivity contribution is 5.97. The molecule has 3 N–H and O–H groups in total. The molecule has 0 atom stereocenters. The summed E-state index contributed by atoms with van der Waals surface area (Å²) < 4.78 is 3.65. The number of fused-ring (bicyclic) bond motifs is 1. The Bertz CT molecular complexity index is 769. The van der Waals surface area contributed by atoms with Gasteiger partial charge in [-0.2, -0.15) is 0 Å². The third-order valence-electron chi connectivity index (χ3n) is 2.97. The number of amidine groups is 1. The molecule has 0 saturated heterocycles. The SMILES string of the molecule is Cn1cnc2c(-n3cccc3/C(N)=N/O)nccc21. The van der Waals surface area contributed by atoms with Gasteiger partial charge < -0.3 is 15.5 Å². The molecule has 0 aliphatic rings. The summed E-state index contributed by atoms with van der Waals surface area (Å²) in [6, 6.07) is 5.44.